The fourth-order valence-electron chi connectivity index (χ4n) is 4.11. The van der Waals surface area contributed by atoms with Crippen LogP contribution in [0, 0.1) is 0 Å². The van der Waals surface area contributed by atoms with Gasteiger partial charge in [-0.3, -0.25) is 9.69 Å². The van der Waals surface area contributed by atoms with Crippen LogP contribution in [-0.2, 0) is 23.0 Å². The first-order chi connectivity index (χ1) is 15.1. The number of aromatic nitrogens is 2. The van der Waals surface area contributed by atoms with E-state index in [1.54, 1.807) is 0 Å². The number of amides is 1. The summed E-state index contributed by atoms with van der Waals surface area (Å²) in [5, 5.41) is -0.0382. The number of piperazine rings is 1. The highest BCUT2D eigenvalue weighted by atomic mass is 35.5. The van der Waals surface area contributed by atoms with Crippen LogP contribution >= 0.6 is 11.6 Å². The fraction of sp³-hybridized carbons (Fsp3) is 0.667. The zero-order valence-corrected chi connectivity index (χ0v) is 20.1. The van der Waals surface area contributed by atoms with Gasteiger partial charge in [-0.15, -0.1) is 0 Å². The number of carbonyl (C=O) groups is 1. The van der Waals surface area contributed by atoms with Crippen LogP contribution < -0.4 is 11.5 Å². The SMILES string of the molecule is C=C(c1nc(CCN2CCN(C(C)(C)C(N)=O)CC2)n(C)c1N=C(N)Cl)N1CCOCC1. The first kappa shape index (κ1) is 24.5. The van der Waals surface area contributed by atoms with Gasteiger partial charge in [-0.2, -0.15) is 4.99 Å². The third kappa shape index (κ3) is 5.43. The van der Waals surface area contributed by atoms with Crippen molar-refractivity contribution >= 4 is 34.3 Å². The highest BCUT2D eigenvalue weighted by Crippen LogP contribution is 2.29. The second-order valence-corrected chi connectivity index (χ2v) is 9.13. The Morgan fingerprint density at radius 2 is 1.81 bits per heavy atom. The van der Waals surface area contributed by atoms with E-state index in [4.69, 9.17) is 32.8 Å². The number of hydrogen-bond donors (Lipinski definition) is 2. The van der Waals surface area contributed by atoms with Gasteiger partial charge in [-0.05, 0) is 25.4 Å². The van der Waals surface area contributed by atoms with E-state index in [-0.39, 0.29) is 11.2 Å². The van der Waals surface area contributed by atoms with Crippen LogP contribution in [0.5, 0.6) is 0 Å². The molecule has 0 unspecified atom stereocenters. The molecule has 2 saturated heterocycles. The number of aliphatic imine (C=N–C) groups is 1. The van der Waals surface area contributed by atoms with Crippen molar-refractivity contribution in [1.29, 1.82) is 0 Å². The average molecular weight is 467 g/mol. The Hall–Kier alpha value is -2.14. The molecule has 0 saturated carbocycles. The van der Waals surface area contributed by atoms with Crippen molar-refractivity contribution in [2.45, 2.75) is 25.8 Å². The molecule has 3 heterocycles. The number of imidazole rings is 1. The normalized spacial score (nSPS) is 19.4. The Morgan fingerprint density at radius 1 is 1.19 bits per heavy atom. The highest BCUT2D eigenvalue weighted by Gasteiger charge is 2.34. The number of nitrogens with two attached hydrogens (primary N) is 2. The Kier molecular flexibility index (Phi) is 7.81. The van der Waals surface area contributed by atoms with Gasteiger partial charge in [-0.1, -0.05) is 6.58 Å². The predicted octanol–water partition coefficient (Wildman–Crippen LogP) is 0.332. The molecule has 0 bridgehead atoms. The molecule has 1 aromatic heterocycles. The zero-order valence-electron chi connectivity index (χ0n) is 19.3. The van der Waals surface area contributed by atoms with Crippen LogP contribution in [0.4, 0.5) is 5.82 Å². The van der Waals surface area contributed by atoms with E-state index in [0.29, 0.717) is 24.7 Å². The van der Waals surface area contributed by atoms with Gasteiger partial charge in [0.2, 0.25) is 5.91 Å². The number of morpholine rings is 1. The van der Waals surface area contributed by atoms with E-state index in [1.165, 1.54) is 0 Å². The lowest BCUT2D eigenvalue weighted by molar-refractivity contribution is -0.129. The lowest BCUT2D eigenvalue weighted by atomic mass is 10.0. The van der Waals surface area contributed by atoms with Crippen LogP contribution in [0.2, 0.25) is 0 Å². The highest BCUT2D eigenvalue weighted by molar-refractivity contribution is 6.64. The molecule has 3 rings (SSSR count). The van der Waals surface area contributed by atoms with Crippen molar-refractivity contribution in [3.05, 3.63) is 18.1 Å². The number of amidine groups is 1. The Labute approximate surface area is 194 Å². The van der Waals surface area contributed by atoms with Crippen LogP contribution in [0.15, 0.2) is 11.6 Å². The van der Waals surface area contributed by atoms with Crippen molar-refractivity contribution in [1.82, 2.24) is 24.3 Å². The van der Waals surface area contributed by atoms with Crippen molar-refractivity contribution in [3.8, 4) is 0 Å². The first-order valence-corrected chi connectivity index (χ1v) is 11.3. The fourth-order valence-corrected chi connectivity index (χ4v) is 4.19. The minimum atomic E-state index is -0.630. The quantitative estimate of drug-likeness (QED) is 0.322. The predicted molar refractivity (Wildman–Crippen MR) is 127 cm³/mol. The van der Waals surface area contributed by atoms with Gasteiger partial charge in [0.15, 0.2) is 11.1 Å². The maximum atomic E-state index is 11.7. The van der Waals surface area contributed by atoms with Crippen LogP contribution in [-0.4, -0.2) is 100 Å². The van der Waals surface area contributed by atoms with Gasteiger partial charge in [0.1, 0.15) is 11.5 Å². The lowest BCUT2D eigenvalue weighted by Gasteiger charge is -2.42. The molecule has 0 atom stereocenters. The summed E-state index contributed by atoms with van der Waals surface area (Å²) in [6.45, 7) is 15.0. The molecule has 11 heteroatoms. The van der Waals surface area contributed by atoms with Crippen molar-refractivity contribution in [2.24, 2.45) is 23.5 Å². The number of rotatable bonds is 8. The summed E-state index contributed by atoms with van der Waals surface area (Å²) in [5.41, 5.74) is 12.1. The zero-order chi connectivity index (χ0) is 23.5. The molecule has 2 aliphatic heterocycles. The van der Waals surface area contributed by atoms with Crippen molar-refractivity contribution in [3.63, 3.8) is 0 Å². The smallest absolute Gasteiger partial charge is 0.237 e. The number of halogens is 1. The number of carbonyl (C=O) groups excluding carboxylic acids is 1. The number of primary amides is 1. The third-order valence-corrected chi connectivity index (χ3v) is 6.54. The summed E-state index contributed by atoms with van der Waals surface area (Å²) in [7, 11) is 1.92. The molecule has 0 spiro atoms. The maximum absolute atomic E-state index is 11.7. The summed E-state index contributed by atoms with van der Waals surface area (Å²) in [5.74, 6) is 1.21. The van der Waals surface area contributed by atoms with E-state index < -0.39 is 5.54 Å². The Balaban J connectivity index is 1.68. The molecule has 1 aromatic rings. The molecule has 32 heavy (non-hydrogen) atoms. The van der Waals surface area contributed by atoms with Gasteiger partial charge in [0.25, 0.3) is 0 Å². The van der Waals surface area contributed by atoms with Gasteiger partial charge >= 0.3 is 0 Å². The molecule has 4 N–H and O–H groups in total. The van der Waals surface area contributed by atoms with Gasteiger partial charge in [0, 0.05) is 59.3 Å². The molecule has 2 aliphatic rings. The van der Waals surface area contributed by atoms with Gasteiger partial charge in [0.05, 0.1) is 24.4 Å². The van der Waals surface area contributed by atoms with E-state index in [2.05, 4.69) is 26.3 Å². The summed E-state index contributed by atoms with van der Waals surface area (Å²) in [6.07, 6.45) is 0.747. The Morgan fingerprint density at radius 3 is 2.38 bits per heavy atom. The molecule has 10 nitrogen and oxygen atoms in total. The Bertz CT molecular complexity index is 863. The minimum absolute atomic E-state index is 0.0382. The van der Waals surface area contributed by atoms with E-state index >= 15 is 0 Å². The molecule has 178 valence electrons. The van der Waals surface area contributed by atoms with E-state index in [0.717, 1.165) is 63.8 Å². The standard InChI is InChI=1S/C21H35ClN8O2/c1-15(29-11-13-32-14-12-29)17-18(26-20(22)24)27(4)16(25-17)5-6-28-7-9-30(10-8-28)21(2,3)19(23)31/h1,5-14H2,2-4H3,(H2,23,31)(H2,24,26). The second kappa shape index (κ2) is 10.2. The molecular weight excluding hydrogens is 432 g/mol. The molecule has 0 aliphatic carbocycles. The van der Waals surface area contributed by atoms with Crippen molar-refractivity contribution in [2.75, 3.05) is 59.0 Å². The number of ether oxygens (including phenoxy) is 1. The second-order valence-electron chi connectivity index (χ2n) is 8.74. The number of nitrogens with zero attached hydrogens (tertiary/aromatic N) is 6. The largest absolute Gasteiger partial charge is 0.378 e. The average Bonchev–Trinajstić information content (AvgIpc) is 3.07. The van der Waals surface area contributed by atoms with Gasteiger partial charge < -0.3 is 30.6 Å². The summed E-state index contributed by atoms with van der Waals surface area (Å²) >= 11 is 5.91. The molecule has 0 aromatic carbocycles. The summed E-state index contributed by atoms with van der Waals surface area (Å²) < 4.78 is 7.38. The molecule has 1 amide bonds. The summed E-state index contributed by atoms with van der Waals surface area (Å²) in [4.78, 5) is 27.6. The summed E-state index contributed by atoms with van der Waals surface area (Å²) in [6, 6.07) is 0. The molecule has 2 fully saturated rings. The lowest BCUT2D eigenvalue weighted by Crippen LogP contribution is -2.59. The molecule has 0 radical (unpaired) electrons. The maximum Gasteiger partial charge on any atom is 0.237 e. The van der Waals surface area contributed by atoms with Crippen LogP contribution in [0.1, 0.15) is 25.4 Å². The van der Waals surface area contributed by atoms with Crippen LogP contribution in [0.3, 0.4) is 0 Å². The van der Waals surface area contributed by atoms with Crippen LogP contribution in [0.25, 0.3) is 5.70 Å². The van der Waals surface area contributed by atoms with E-state index in [9.17, 15) is 4.79 Å². The number of hydrogen-bond acceptors (Lipinski definition) is 7. The topological polar surface area (TPSA) is 118 Å². The van der Waals surface area contributed by atoms with Crippen molar-refractivity contribution < 1.29 is 9.53 Å². The monoisotopic (exact) mass is 466 g/mol. The third-order valence-electron chi connectivity index (χ3n) is 6.45. The molecular formula is C21H35ClN8O2. The van der Waals surface area contributed by atoms with Gasteiger partial charge in [-0.25, -0.2) is 4.98 Å². The first-order valence-electron chi connectivity index (χ1n) is 11.0. The minimum Gasteiger partial charge on any atom is -0.378 e. The van der Waals surface area contributed by atoms with E-state index in [1.807, 2.05) is 25.5 Å².